The highest BCUT2D eigenvalue weighted by Gasteiger charge is 2.55. The van der Waals surface area contributed by atoms with Crippen LogP contribution in [0.25, 0.3) is 10.9 Å². The predicted molar refractivity (Wildman–Crippen MR) is 384 cm³/mol. The number of amides is 7. The number of phenolic OH excluding ortho intramolecular Hbond substituents is 1. The smallest absolute Gasteiger partial charge is 0.245 e. The van der Waals surface area contributed by atoms with Gasteiger partial charge in [-0.2, -0.15) is 0 Å². The van der Waals surface area contributed by atoms with Gasteiger partial charge in [0.1, 0.15) is 109 Å². The number of nitrogens with one attached hydrogen (secondary N) is 9. The number of rotatable bonds is 26. The maximum absolute atomic E-state index is 15.4. The molecule has 1 aromatic heterocycles. The summed E-state index contributed by atoms with van der Waals surface area (Å²) in [5, 5.41) is 174. The minimum atomic E-state index is -2.82. The minimum absolute atomic E-state index is 0.0791. The number of aliphatic hydroxyl groups excluding tert-OH is 12. The maximum atomic E-state index is 15.4. The van der Waals surface area contributed by atoms with E-state index in [0.717, 1.165) is 21.6 Å². The number of nitrogens with two attached hydrogens (primary N) is 1. The van der Waals surface area contributed by atoms with Crippen LogP contribution in [-0.2, 0) is 76.5 Å². The first-order valence-corrected chi connectivity index (χ1v) is 37.9. The van der Waals surface area contributed by atoms with Crippen molar-refractivity contribution < 1.29 is 129 Å². The number of hydrogen-bond donors (Lipinski definition) is 24. The van der Waals surface area contributed by atoms with Crippen LogP contribution >= 0.6 is 44.2 Å². The molecule has 106 heavy (non-hydrogen) atoms. The molecule has 588 valence electrons. The van der Waals surface area contributed by atoms with Crippen LogP contribution in [0.2, 0.25) is 0 Å². The van der Waals surface area contributed by atoms with E-state index in [9.17, 15) is 85.9 Å². The summed E-state index contributed by atoms with van der Waals surface area (Å²) in [6.45, 7) is -1.65. The molecular formula is C67H95IN10O26S2. The van der Waals surface area contributed by atoms with Gasteiger partial charge in [0.2, 0.25) is 47.1 Å². The third-order valence-electron chi connectivity index (χ3n) is 18.5. The van der Waals surface area contributed by atoms with Crippen molar-refractivity contribution in [3.8, 4) is 5.75 Å². The van der Waals surface area contributed by atoms with E-state index < -0.39 is 232 Å². The molecule has 7 amide bonds. The fourth-order valence-corrected chi connectivity index (χ4v) is 15.1. The Bertz CT molecular complexity index is 3560. The van der Waals surface area contributed by atoms with Gasteiger partial charge in [-0.15, -0.1) is 0 Å². The number of halogens is 1. The van der Waals surface area contributed by atoms with Crippen molar-refractivity contribution in [3.63, 3.8) is 0 Å². The van der Waals surface area contributed by atoms with Gasteiger partial charge in [-0.3, -0.25) is 33.6 Å². The summed E-state index contributed by atoms with van der Waals surface area (Å²) in [5.74, 6) is -10.7. The fraction of sp³-hybridized carbons (Fsp3) is 0.597. The second kappa shape index (κ2) is 40.0. The first kappa shape index (κ1) is 85.5. The number of benzene rings is 3. The standard InChI is InChI=1S/C67H95IN10O26S2/c1-30(82)42(23-79)75-63(97)44-28-106-105-27-43(76-59(93)39(19-32-10-4-3-5-11-32)71-29-67(99)57(91)55(46(85)26-100-67)103-66-54(90)52(88)56(48(25-81)102-66)104-65-53(89)51(87)50(86)47(24-80)101-65)62(96)73-40(20-33-15-16-45(84)36(68)18-33)60(94)74-41(21-34-22-70-37-13-7-6-12-35(34)37)61(95)72-38(14-8-9-17-69)58(92)78-49(31(2)83)64(98)77-44/h3-7,10-13,15-16,18,22,30-31,38-44,46-57,65-66,70-71,79-91,99H,8-9,14,17,19-21,23-29,69H2,1-2H3,(H,72,95)(H,73,96)(H,74,94)(H,75,97)(H,76,93)(H,77,98)(H,78,92)/t30-,31-,38+,39-,40+,41-,42+,43+,44+,46-,47-,48-,49+,50-,51+,52-,53-,54-,55-,56-,57+,65-,66-,67-/m1/s1/i68-4. The molecule has 4 aliphatic heterocycles. The normalized spacial score (nSPS) is 32.4. The van der Waals surface area contributed by atoms with Gasteiger partial charge in [0.05, 0.1) is 60.8 Å². The number of phenols is 1. The van der Waals surface area contributed by atoms with Crippen molar-refractivity contribution in [3.05, 3.63) is 99.3 Å². The number of para-hydroxylation sites is 1. The van der Waals surface area contributed by atoms with E-state index in [-0.39, 0.29) is 44.4 Å². The van der Waals surface area contributed by atoms with Crippen molar-refractivity contribution in [1.29, 1.82) is 0 Å². The molecule has 36 nitrogen and oxygen atoms in total. The third kappa shape index (κ3) is 22.3. The lowest BCUT2D eigenvalue weighted by Gasteiger charge is -2.48. The number of carbonyl (C=O) groups is 7. The van der Waals surface area contributed by atoms with Crippen molar-refractivity contribution in [2.75, 3.05) is 51.0 Å². The lowest BCUT2D eigenvalue weighted by atomic mass is 9.94. The van der Waals surface area contributed by atoms with Crippen LogP contribution in [0.4, 0.5) is 0 Å². The van der Waals surface area contributed by atoms with Gasteiger partial charge in [-0.25, -0.2) is 0 Å². The molecule has 5 heterocycles. The van der Waals surface area contributed by atoms with E-state index in [1.54, 1.807) is 60.8 Å². The first-order valence-electron chi connectivity index (χ1n) is 34.3. The van der Waals surface area contributed by atoms with Gasteiger partial charge >= 0.3 is 0 Å². The number of carbonyl (C=O) groups excluding carboxylic acids is 7. The Kier molecular flexibility index (Phi) is 32.3. The number of aromatic nitrogens is 1. The maximum Gasteiger partial charge on any atom is 0.245 e. The summed E-state index contributed by atoms with van der Waals surface area (Å²) in [5.41, 5.74) is 7.90. The average molecular weight is 1640 g/mol. The highest BCUT2D eigenvalue weighted by atomic mass is 123. The zero-order chi connectivity index (χ0) is 77.3. The molecule has 25 N–H and O–H groups in total. The molecule has 0 spiro atoms. The zero-order valence-electron chi connectivity index (χ0n) is 57.6. The Morgan fingerprint density at radius 3 is 1.99 bits per heavy atom. The number of unbranched alkanes of at least 4 members (excludes halogenated alkanes) is 1. The Hall–Kier alpha value is -6.08. The number of ether oxygens (including phenoxy) is 5. The van der Waals surface area contributed by atoms with Gasteiger partial charge < -0.3 is 148 Å². The number of aromatic amines is 1. The van der Waals surface area contributed by atoms with E-state index in [0.29, 0.717) is 37.6 Å². The van der Waals surface area contributed by atoms with E-state index in [4.69, 9.17) is 29.4 Å². The second-order valence-corrected chi connectivity index (χ2v) is 30.1. The van der Waals surface area contributed by atoms with Crippen LogP contribution in [0.5, 0.6) is 5.75 Å². The Morgan fingerprint density at radius 1 is 0.708 bits per heavy atom. The molecular weight excluding hydrogens is 1550 g/mol. The van der Waals surface area contributed by atoms with Crippen LogP contribution in [0, 0.1) is 3.57 Å². The van der Waals surface area contributed by atoms with Crippen LogP contribution < -0.4 is 48.3 Å². The summed E-state index contributed by atoms with van der Waals surface area (Å²) >= 11 is 1.86. The van der Waals surface area contributed by atoms with Crippen molar-refractivity contribution >= 4 is 96.4 Å². The molecule has 0 aliphatic carbocycles. The number of fused-ring (bicyclic) bond motifs is 1. The summed E-state index contributed by atoms with van der Waals surface area (Å²) in [6.07, 6.45) is -26.5. The summed E-state index contributed by atoms with van der Waals surface area (Å²) in [4.78, 5) is 107. The van der Waals surface area contributed by atoms with Gasteiger partial charge in [-0.05, 0) is 104 Å². The number of aromatic hydroxyl groups is 1. The quantitative estimate of drug-likeness (QED) is 0.0158. The molecule has 39 heteroatoms. The molecule has 0 saturated carbocycles. The molecule has 4 saturated heterocycles. The van der Waals surface area contributed by atoms with E-state index in [1.165, 1.54) is 32.0 Å². The molecule has 0 bridgehead atoms. The van der Waals surface area contributed by atoms with Gasteiger partial charge in [-0.1, -0.05) is 76.2 Å². The minimum Gasteiger partial charge on any atom is -0.507 e. The monoisotopic (exact) mass is 1640 g/mol. The molecule has 8 rings (SSSR count). The van der Waals surface area contributed by atoms with E-state index >= 15 is 19.2 Å². The number of H-pyrrole nitrogens is 1. The van der Waals surface area contributed by atoms with Gasteiger partial charge in [0.25, 0.3) is 0 Å². The number of hydrogen-bond acceptors (Lipinski definition) is 30. The fourth-order valence-electron chi connectivity index (χ4n) is 12.2. The van der Waals surface area contributed by atoms with Crippen LogP contribution in [0.15, 0.2) is 79.0 Å². The lowest BCUT2D eigenvalue weighted by Crippen LogP contribution is -2.69. The van der Waals surface area contributed by atoms with Gasteiger partial charge in [0.15, 0.2) is 12.6 Å². The largest absolute Gasteiger partial charge is 0.507 e. The second-order valence-electron chi connectivity index (χ2n) is 26.4. The average Bonchev–Trinajstić information content (AvgIpc) is 0.937. The molecule has 4 fully saturated rings. The molecule has 4 aliphatic rings. The summed E-state index contributed by atoms with van der Waals surface area (Å²) in [7, 11) is 1.72. The molecule has 0 radical (unpaired) electrons. The Morgan fingerprint density at radius 2 is 1.33 bits per heavy atom. The van der Waals surface area contributed by atoms with Crippen LogP contribution in [-0.4, -0.2) is 315 Å². The summed E-state index contributed by atoms with van der Waals surface area (Å²) < 4.78 is 28.5. The molecule has 3 aromatic carbocycles. The van der Waals surface area contributed by atoms with Crippen molar-refractivity contribution in [2.24, 2.45) is 5.73 Å². The van der Waals surface area contributed by atoms with Crippen LogP contribution in [0.1, 0.15) is 49.8 Å². The third-order valence-corrected chi connectivity index (χ3v) is 21.8. The number of aliphatic hydroxyl groups is 13. The van der Waals surface area contributed by atoms with Gasteiger partial charge in [0, 0.05) is 41.4 Å². The highest BCUT2D eigenvalue weighted by molar-refractivity contribution is 14.1. The molecule has 0 unspecified atom stereocenters. The first-order chi connectivity index (χ1) is 50.5. The molecule has 4 aromatic rings. The predicted octanol–water partition coefficient (Wildman–Crippen LogP) is -7.41. The van der Waals surface area contributed by atoms with E-state index in [2.05, 4.69) is 47.5 Å². The zero-order valence-corrected chi connectivity index (χ0v) is 61.4. The Balaban J connectivity index is 1.12. The topological polar surface area (TPSA) is 587 Å². The van der Waals surface area contributed by atoms with E-state index in [1.807, 2.05) is 22.6 Å². The van der Waals surface area contributed by atoms with Crippen LogP contribution in [0.3, 0.4) is 0 Å². The van der Waals surface area contributed by atoms with Crippen molar-refractivity contribution in [2.45, 2.75) is 198 Å². The Labute approximate surface area is 629 Å². The SMILES string of the molecule is C[C@@H](O)[C@H](CO)NC(=O)[C@@H]1CSSC[C@H](NC(=O)[C@@H](Cc2ccccc2)NC[C@@]2(O)OC[C@@H](O)[C@@H](O[C@H]3O[C@H](CO)[C@@H](O[C@H]4O[C@H](CO)[C@@H](O)[C@H](O)[C@H]4O)[C@H](O)[C@H]3O)[C@@H]2O)C(=O)N[C@@H](Cc2ccc(O)c([123I])c2)C(=O)N[C@H](Cc2c[nH]c3ccccc23)C(=O)N[C@@H](CCCCN)C(=O)N[C@@H]([C@@H](C)O)C(=O)N1. The lowest BCUT2D eigenvalue weighted by molar-refractivity contribution is -0.383. The molecule has 24 atom stereocenters. The summed E-state index contributed by atoms with van der Waals surface area (Å²) in [6, 6.07) is 7.17. The highest BCUT2D eigenvalue weighted by Crippen LogP contribution is 2.34. The van der Waals surface area contributed by atoms with Crippen molar-refractivity contribution in [1.82, 2.24) is 47.5 Å².